The molecule has 0 saturated heterocycles. The molecule has 0 aromatic rings. The van der Waals surface area contributed by atoms with Crippen molar-refractivity contribution in [3.8, 4) is 12.3 Å². The summed E-state index contributed by atoms with van der Waals surface area (Å²) in [6.45, 7) is 10.2. The van der Waals surface area contributed by atoms with Gasteiger partial charge in [-0.3, -0.25) is 0 Å². The maximum atomic E-state index is 4.60. The van der Waals surface area contributed by atoms with Crippen LogP contribution in [0.15, 0.2) is 0 Å². The molecule has 0 N–H and O–H groups in total. The topological polar surface area (TPSA) is 0 Å². The quantitative estimate of drug-likeness (QED) is 0.453. The van der Waals surface area contributed by atoms with Gasteiger partial charge in [-0.15, -0.1) is 12.3 Å². The Hall–Kier alpha value is -0.440. The second kappa shape index (κ2) is 8.56. The highest BCUT2D eigenvalue weighted by molar-refractivity contribution is 4.76. The van der Waals surface area contributed by atoms with E-state index in [1.807, 2.05) is 13.8 Å². The lowest BCUT2D eigenvalue weighted by Crippen LogP contribution is -1.58. The van der Waals surface area contributed by atoms with Gasteiger partial charge in [0.25, 0.3) is 0 Å². The highest BCUT2D eigenvalue weighted by Crippen LogP contribution is 2.36. The molecule has 10 heavy (non-hydrogen) atoms. The summed E-state index contributed by atoms with van der Waals surface area (Å²) in [7, 11) is 0. The third-order valence-electron chi connectivity index (χ3n) is 1.51. The van der Waals surface area contributed by atoms with E-state index in [1.54, 1.807) is 6.92 Å². The first-order valence-electron chi connectivity index (χ1n) is 4.09. The van der Waals surface area contributed by atoms with Crippen LogP contribution in [0.5, 0.6) is 0 Å². The van der Waals surface area contributed by atoms with Crippen molar-refractivity contribution in [2.45, 2.75) is 41.0 Å². The van der Waals surface area contributed by atoms with Crippen LogP contribution in [0.2, 0.25) is 0 Å². The highest BCUT2D eigenvalue weighted by atomic mass is 14.3. The van der Waals surface area contributed by atoms with E-state index in [4.69, 9.17) is 0 Å². The third-order valence-corrected chi connectivity index (χ3v) is 1.51. The molecular formula is C10H20. The minimum Gasteiger partial charge on any atom is -0.120 e. The Bertz CT molecular complexity index is 80.7. The second-order valence-electron chi connectivity index (χ2n) is 2.48. The summed E-state index contributed by atoms with van der Waals surface area (Å²) in [5.74, 6) is 4.35. The van der Waals surface area contributed by atoms with Gasteiger partial charge in [-0.05, 0) is 25.2 Å². The Morgan fingerprint density at radius 2 is 1.30 bits per heavy atom. The Labute approximate surface area is 66.0 Å². The number of hydrogen-bond acceptors (Lipinski definition) is 0. The van der Waals surface area contributed by atoms with Gasteiger partial charge in [0.05, 0.1) is 0 Å². The summed E-state index contributed by atoms with van der Waals surface area (Å²) < 4.78 is 0. The predicted molar refractivity (Wildman–Crippen MR) is 48.8 cm³/mol. The first kappa shape index (κ1) is 12.3. The molecule has 1 rings (SSSR count). The van der Waals surface area contributed by atoms with E-state index in [1.165, 1.54) is 6.42 Å². The van der Waals surface area contributed by atoms with Crippen molar-refractivity contribution < 1.29 is 0 Å². The van der Waals surface area contributed by atoms with Crippen LogP contribution in [0.3, 0.4) is 0 Å². The molecule has 2 unspecified atom stereocenters. The minimum atomic E-state index is 1.05. The lowest BCUT2D eigenvalue weighted by Gasteiger charge is -1.66. The van der Waals surface area contributed by atoms with E-state index >= 15 is 0 Å². The van der Waals surface area contributed by atoms with Crippen molar-refractivity contribution in [2.24, 2.45) is 11.8 Å². The molecule has 1 aliphatic rings. The van der Waals surface area contributed by atoms with Gasteiger partial charge in [0.15, 0.2) is 0 Å². The van der Waals surface area contributed by atoms with E-state index in [2.05, 4.69) is 26.2 Å². The molecule has 0 bridgehead atoms. The maximum absolute atomic E-state index is 4.60. The van der Waals surface area contributed by atoms with Gasteiger partial charge in [0, 0.05) is 0 Å². The fraction of sp³-hybridized carbons (Fsp3) is 0.800. The number of hydrogen-bond donors (Lipinski definition) is 0. The lowest BCUT2D eigenvalue weighted by atomic mass is 10.4. The van der Waals surface area contributed by atoms with E-state index < -0.39 is 0 Å². The van der Waals surface area contributed by atoms with Crippen molar-refractivity contribution in [1.82, 2.24) is 0 Å². The van der Waals surface area contributed by atoms with E-state index in [9.17, 15) is 0 Å². The molecule has 0 spiro atoms. The molecule has 0 nitrogen and oxygen atoms in total. The van der Waals surface area contributed by atoms with Crippen molar-refractivity contribution in [2.75, 3.05) is 0 Å². The molecule has 2 atom stereocenters. The Balaban J connectivity index is 0. The molecule has 60 valence electrons. The fourth-order valence-corrected chi connectivity index (χ4v) is 0.508. The van der Waals surface area contributed by atoms with Crippen molar-refractivity contribution in [3.63, 3.8) is 0 Å². The number of rotatable bonds is 0. The minimum absolute atomic E-state index is 1.05. The van der Waals surface area contributed by atoms with Crippen molar-refractivity contribution in [1.29, 1.82) is 0 Å². The molecule has 0 amide bonds. The molecule has 0 aromatic carbocycles. The average molecular weight is 140 g/mol. The molecule has 0 heterocycles. The smallest absolute Gasteiger partial charge is 0.00297 e. The normalized spacial score (nSPS) is 26.0. The molecular weight excluding hydrogens is 120 g/mol. The largest absolute Gasteiger partial charge is 0.120 e. The summed E-state index contributed by atoms with van der Waals surface area (Å²) >= 11 is 0. The first-order valence-corrected chi connectivity index (χ1v) is 4.09. The molecule has 0 aliphatic heterocycles. The van der Waals surface area contributed by atoms with E-state index in [-0.39, 0.29) is 0 Å². The number of terminal acetylenes is 1. The highest BCUT2D eigenvalue weighted by Gasteiger charge is 2.26. The lowest BCUT2D eigenvalue weighted by molar-refractivity contribution is 0.834. The van der Waals surface area contributed by atoms with E-state index in [0.717, 1.165) is 11.8 Å². The third kappa shape index (κ3) is 10.5. The van der Waals surface area contributed by atoms with Crippen LogP contribution in [-0.2, 0) is 0 Å². The zero-order valence-corrected chi connectivity index (χ0v) is 7.94. The van der Waals surface area contributed by atoms with Crippen molar-refractivity contribution in [3.05, 3.63) is 0 Å². The van der Waals surface area contributed by atoms with Gasteiger partial charge in [-0.1, -0.05) is 27.7 Å². The monoisotopic (exact) mass is 140 g/mol. The van der Waals surface area contributed by atoms with Crippen molar-refractivity contribution >= 4 is 0 Å². The Morgan fingerprint density at radius 3 is 1.30 bits per heavy atom. The summed E-state index contributed by atoms with van der Waals surface area (Å²) in [6.07, 6.45) is 6.07. The van der Waals surface area contributed by atoms with Gasteiger partial charge in [-0.25, -0.2) is 0 Å². The average Bonchev–Trinajstić information content (AvgIpc) is 2.53. The summed E-state index contributed by atoms with van der Waals surface area (Å²) in [5, 5.41) is 0. The zero-order chi connectivity index (χ0) is 8.57. The molecule has 1 aliphatic carbocycles. The van der Waals surface area contributed by atoms with Crippen LogP contribution >= 0.6 is 0 Å². The van der Waals surface area contributed by atoms with Crippen LogP contribution in [0.1, 0.15) is 41.0 Å². The SMILES string of the molecule is C#CC.CC.CC1CC1C. The van der Waals surface area contributed by atoms with Crippen LogP contribution in [-0.4, -0.2) is 0 Å². The van der Waals surface area contributed by atoms with Crippen LogP contribution in [0, 0.1) is 24.2 Å². The van der Waals surface area contributed by atoms with Crippen LogP contribution < -0.4 is 0 Å². The van der Waals surface area contributed by atoms with Crippen LogP contribution in [0.25, 0.3) is 0 Å². The molecule has 0 heteroatoms. The first-order chi connectivity index (χ1) is 4.72. The molecule has 1 fully saturated rings. The summed E-state index contributed by atoms with van der Waals surface area (Å²) in [5.41, 5.74) is 0. The molecule has 0 radical (unpaired) electrons. The van der Waals surface area contributed by atoms with Gasteiger partial charge >= 0.3 is 0 Å². The standard InChI is InChI=1S/C5H10.C3H4.C2H6/c1-4-3-5(4)2;1-3-2;1-2/h4-5H,3H2,1-2H3;1H,2H3;1-2H3. The Morgan fingerprint density at radius 1 is 1.20 bits per heavy atom. The van der Waals surface area contributed by atoms with Gasteiger partial charge in [0.2, 0.25) is 0 Å². The molecule has 0 aromatic heterocycles. The van der Waals surface area contributed by atoms with Gasteiger partial charge in [-0.2, -0.15) is 0 Å². The predicted octanol–water partition coefficient (Wildman–Crippen LogP) is 3.33. The maximum Gasteiger partial charge on any atom is -0.00297 e. The Kier molecular flexibility index (Phi) is 10.5. The second-order valence-corrected chi connectivity index (χ2v) is 2.48. The van der Waals surface area contributed by atoms with E-state index in [0.29, 0.717) is 0 Å². The van der Waals surface area contributed by atoms with Gasteiger partial charge < -0.3 is 0 Å². The fourth-order valence-electron chi connectivity index (χ4n) is 0.508. The van der Waals surface area contributed by atoms with Gasteiger partial charge in [0.1, 0.15) is 0 Å². The summed E-state index contributed by atoms with van der Waals surface area (Å²) in [6, 6.07) is 0. The summed E-state index contributed by atoms with van der Waals surface area (Å²) in [4.78, 5) is 0. The molecule has 1 saturated carbocycles. The zero-order valence-electron chi connectivity index (χ0n) is 7.94. The van der Waals surface area contributed by atoms with Crippen LogP contribution in [0.4, 0.5) is 0 Å².